The van der Waals surface area contributed by atoms with Crippen LogP contribution in [-0.2, 0) is 9.59 Å². The van der Waals surface area contributed by atoms with E-state index in [1.807, 2.05) is 13.8 Å². The number of carbonyl (C=O) groups is 2. The maximum absolute atomic E-state index is 11.7. The summed E-state index contributed by atoms with van der Waals surface area (Å²) in [6.45, 7) is 8.95. The fraction of sp³-hybridized carbons (Fsp3) is 0.818. The lowest BCUT2D eigenvalue weighted by Crippen LogP contribution is -2.58. The summed E-state index contributed by atoms with van der Waals surface area (Å²) in [6.07, 6.45) is 0.873. The summed E-state index contributed by atoms with van der Waals surface area (Å²) in [5.74, 6) is -0.598. The van der Waals surface area contributed by atoms with Crippen LogP contribution >= 0.6 is 0 Å². The number of amides is 2. The van der Waals surface area contributed by atoms with Gasteiger partial charge in [-0.2, -0.15) is 0 Å². The van der Waals surface area contributed by atoms with Gasteiger partial charge in [-0.3, -0.25) is 14.9 Å². The molecule has 0 saturated heterocycles. The topological polar surface area (TPSA) is 84.2 Å². The largest absolute Gasteiger partial charge is 0.368 e. The molecule has 2 unspecified atom stereocenters. The smallest absolute Gasteiger partial charge is 0.237 e. The summed E-state index contributed by atoms with van der Waals surface area (Å²) in [5.41, 5.74) is 4.33. The zero-order valence-electron chi connectivity index (χ0n) is 10.8. The van der Waals surface area contributed by atoms with E-state index in [0.717, 1.165) is 6.42 Å². The summed E-state index contributed by atoms with van der Waals surface area (Å²) < 4.78 is 0. The van der Waals surface area contributed by atoms with Crippen molar-refractivity contribution in [2.45, 2.75) is 58.7 Å². The van der Waals surface area contributed by atoms with Gasteiger partial charge in [0.25, 0.3) is 0 Å². The minimum absolute atomic E-state index is 0.122. The predicted molar refractivity (Wildman–Crippen MR) is 63.8 cm³/mol. The molecular weight excluding hydrogens is 206 g/mol. The van der Waals surface area contributed by atoms with Crippen molar-refractivity contribution in [3.05, 3.63) is 0 Å². The normalized spacial score (nSPS) is 15.3. The Hall–Kier alpha value is -1.10. The fourth-order valence-corrected chi connectivity index (χ4v) is 1.15. The molecule has 0 aromatic rings. The highest BCUT2D eigenvalue weighted by Crippen LogP contribution is 2.03. The van der Waals surface area contributed by atoms with E-state index in [-0.39, 0.29) is 11.9 Å². The van der Waals surface area contributed by atoms with E-state index in [4.69, 9.17) is 5.73 Å². The Bertz CT molecular complexity index is 264. The standard InChI is InChI=1S/C11H23N3O2/c1-6-7(2)13-9(15)8(3)14-11(4,5)10(12)16/h7-8,14H,6H2,1-5H3,(H2,12,16)(H,13,15). The summed E-state index contributed by atoms with van der Waals surface area (Å²) in [5, 5.41) is 5.74. The van der Waals surface area contributed by atoms with E-state index in [1.54, 1.807) is 20.8 Å². The minimum atomic E-state index is -0.883. The second-order valence-electron chi connectivity index (χ2n) is 4.67. The molecule has 0 aromatic heterocycles. The highest BCUT2D eigenvalue weighted by atomic mass is 16.2. The number of carbonyl (C=O) groups excluding carboxylic acids is 2. The Morgan fingerprint density at radius 1 is 1.31 bits per heavy atom. The molecule has 0 saturated carbocycles. The molecule has 16 heavy (non-hydrogen) atoms. The maximum Gasteiger partial charge on any atom is 0.237 e. The van der Waals surface area contributed by atoms with Gasteiger partial charge in [0.1, 0.15) is 0 Å². The van der Waals surface area contributed by atoms with Crippen LogP contribution in [0, 0.1) is 0 Å². The van der Waals surface area contributed by atoms with Crippen LogP contribution < -0.4 is 16.4 Å². The molecule has 0 bridgehead atoms. The maximum atomic E-state index is 11.7. The second kappa shape index (κ2) is 5.84. The van der Waals surface area contributed by atoms with Crippen molar-refractivity contribution in [2.24, 2.45) is 5.73 Å². The molecule has 4 N–H and O–H groups in total. The number of nitrogens with two attached hydrogens (primary N) is 1. The molecule has 0 aliphatic carbocycles. The highest BCUT2D eigenvalue weighted by molar-refractivity contribution is 5.86. The first-order valence-corrected chi connectivity index (χ1v) is 5.58. The molecule has 0 radical (unpaired) electrons. The van der Waals surface area contributed by atoms with Gasteiger partial charge in [-0.05, 0) is 34.1 Å². The van der Waals surface area contributed by atoms with E-state index >= 15 is 0 Å². The Morgan fingerprint density at radius 3 is 2.19 bits per heavy atom. The van der Waals surface area contributed by atoms with Crippen LogP contribution in [0.5, 0.6) is 0 Å². The molecule has 0 heterocycles. The Kier molecular flexibility index (Phi) is 5.44. The van der Waals surface area contributed by atoms with Gasteiger partial charge < -0.3 is 11.1 Å². The van der Waals surface area contributed by atoms with E-state index in [9.17, 15) is 9.59 Å². The number of hydrogen-bond donors (Lipinski definition) is 3. The molecule has 2 atom stereocenters. The molecule has 2 amide bonds. The van der Waals surface area contributed by atoms with Crippen molar-refractivity contribution in [1.29, 1.82) is 0 Å². The van der Waals surface area contributed by atoms with E-state index in [2.05, 4.69) is 10.6 Å². The predicted octanol–water partition coefficient (Wildman–Crippen LogP) is 0.143. The molecule has 0 fully saturated rings. The van der Waals surface area contributed by atoms with Crippen LogP contribution in [0.3, 0.4) is 0 Å². The number of rotatable bonds is 6. The minimum Gasteiger partial charge on any atom is -0.368 e. The SMILES string of the molecule is CCC(C)NC(=O)C(C)NC(C)(C)C(N)=O. The number of nitrogens with one attached hydrogen (secondary N) is 2. The third-order valence-electron chi connectivity index (χ3n) is 2.59. The lowest BCUT2D eigenvalue weighted by Gasteiger charge is -2.27. The fourth-order valence-electron chi connectivity index (χ4n) is 1.15. The van der Waals surface area contributed by atoms with Gasteiger partial charge in [0.05, 0.1) is 11.6 Å². The van der Waals surface area contributed by atoms with Gasteiger partial charge in [0.15, 0.2) is 0 Å². The molecule has 0 aliphatic heterocycles. The van der Waals surface area contributed by atoms with Gasteiger partial charge in [0, 0.05) is 6.04 Å². The highest BCUT2D eigenvalue weighted by Gasteiger charge is 2.28. The monoisotopic (exact) mass is 229 g/mol. The molecule has 5 heteroatoms. The van der Waals surface area contributed by atoms with Crippen molar-refractivity contribution < 1.29 is 9.59 Å². The summed E-state index contributed by atoms with van der Waals surface area (Å²) >= 11 is 0. The van der Waals surface area contributed by atoms with Gasteiger partial charge >= 0.3 is 0 Å². The molecule has 0 spiro atoms. The van der Waals surface area contributed by atoms with Gasteiger partial charge in [-0.15, -0.1) is 0 Å². The van der Waals surface area contributed by atoms with E-state index < -0.39 is 17.5 Å². The second-order valence-corrected chi connectivity index (χ2v) is 4.67. The lowest BCUT2D eigenvalue weighted by molar-refractivity contribution is -0.126. The number of primary amides is 1. The van der Waals surface area contributed by atoms with Crippen molar-refractivity contribution >= 4 is 11.8 Å². The van der Waals surface area contributed by atoms with Crippen molar-refractivity contribution in [2.75, 3.05) is 0 Å². The Balaban J connectivity index is 4.31. The van der Waals surface area contributed by atoms with Crippen LogP contribution in [0.4, 0.5) is 0 Å². The summed E-state index contributed by atoms with van der Waals surface area (Å²) in [7, 11) is 0. The van der Waals surface area contributed by atoms with Gasteiger partial charge in [-0.25, -0.2) is 0 Å². The third-order valence-corrected chi connectivity index (χ3v) is 2.59. The van der Waals surface area contributed by atoms with E-state index in [0.29, 0.717) is 0 Å². The quantitative estimate of drug-likeness (QED) is 0.606. The Labute approximate surface area is 97.2 Å². The summed E-state index contributed by atoms with van der Waals surface area (Å²) in [6, 6.07) is -0.315. The molecule has 0 rings (SSSR count). The van der Waals surface area contributed by atoms with Gasteiger partial charge in [0.2, 0.25) is 11.8 Å². The molecule has 0 aliphatic rings. The van der Waals surface area contributed by atoms with Crippen LogP contribution in [0.25, 0.3) is 0 Å². The van der Waals surface area contributed by atoms with Crippen LogP contribution in [-0.4, -0.2) is 29.4 Å². The average molecular weight is 229 g/mol. The molecule has 0 aromatic carbocycles. The van der Waals surface area contributed by atoms with Gasteiger partial charge in [-0.1, -0.05) is 6.92 Å². The molecular formula is C11H23N3O2. The molecule has 94 valence electrons. The van der Waals surface area contributed by atoms with Crippen molar-refractivity contribution in [1.82, 2.24) is 10.6 Å². The summed E-state index contributed by atoms with van der Waals surface area (Å²) in [4.78, 5) is 22.8. The van der Waals surface area contributed by atoms with Crippen LogP contribution in [0.2, 0.25) is 0 Å². The van der Waals surface area contributed by atoms with Crippen LogP contribution in [0.1, 0.15) is 41.0 Å². The first-order chi connectivity index (χ1) is 7.20. The molecule has 5 nitrogen and oxygen atoms in total. The average Bonchev–Trinajstić information content (AvgIpc) is 2.16. The zero-order chi connectivity index (χ0) is 12.9. The zero-order valence-corrected chi connectivity index (χ0v) is 10.8. The first kappa shape index (κ1) is 14.9. The van der Waals surface area contributed by atoms with E-state index in [1.165, 1.54) is 0 Å². The van der Waals surface area contributed by atoms with Crippen molar-refractivity contribution in [3.8, 4) is 0 Å². The van der Waals surface area contributed by atoms with Crippen molar-refractivity contribution in [3.63, 3.8) is 0 Å². The lowest BCUT2D eigenvalue weighted by atomic mass is 10.0. The Morgan fingerprint density at radius 2 is 1.81 bits per heavy atom. The van der Waals surface area contributed by atoms with Crippen LogP contribution in [0.15, 0.2) is 0 Å². The first-order valence-electron chi connectivity index (χ1n) is 5.58. The third kappa shape index (κ3) is 4.61. The number of hydrogen-bond acceptors (Lipinski definition) is 3.